The third-order valence-corrected chi connectivity index (χ3v) is 4.21. The van der Waals surface area contributed by atoms with Crippen molar-refractivity contribution in [2.45, 2.75) is 32.2 Å². The lowest BCUT2D eigenvalue weighted by molar-refractivity contribution is 0.0597. The second-order valence-electron chi connectivity index (χ2n) is 5.74. The van der Waals surface area contributed by atoms with Crippen LogP contribution >= 0.6 is 0 Å². The Kier molecular flexibility index (Phi) is 4.28. The minimum Gasteiger partial charge on any atom is -0.465 e. The standard InChI is InChI=1S/C18H18FNO3/c1-23-18(22)15-11-13(9-12-5-4-6-14(19)10-12)17(21)20-8-3-2-7-16(15)20/h4-6,10-11H,2-3,7-9H2,1H3. The monoisotopic (exact) mass is 315 g/mol. The maximum atomic E-state index is 13.3. The molecule has 0 atom stereocenters. The molecule has 0 aliphatic carbocycles. The second-order valence-corrected chi connectivity index (χ2v) is 5.74. The normalized spacial score (nSPS) is 13.5. The number of hydrogen-bond donors (Lipinski definition) is 0. The minimum absolute atomic E-state index is 0.100. The largest absolute Gasteiger partial charge is 0.465 e. The van der Waals surface area contributed by atoms with Gasteiger partial charge in [0.05, 0.1) is 12.7 Å². The summed E-state index contributed by atoms with van der Waals surface area (Å²) in [5.41, 5.74) is 2.28. The highest BCUT2D eigenvalue weighted by atomic mass is 19.1. The van der Waals surface area contributed by atoms with E-state index in [1.54, 1.807) is 22.8 Å². The number of carbonyl (C=O) groups is 1. The number of pyridine rings is 1. The fourth-order valence-electron chi connectivity index (χ4n) is 3.11. The Hall–Kier alpha value is -2.43. The first kappa shape index (κ1) is 15.5. The Morgan fingerprint density at radius 2 is 2.13 bits per heavy atom. The lowest BCUT2D eigenvalue weighted by Gasteiger charge is -2.22. The first-order valence-corrected chi connectivity index (χ1v) is 7.68. The molecule has 23 heavy (non-hydrogen) atoms. The van der Waals surface area contributed by atoms with Gasteiger partial charge < -0.3 is 9.30 Å². The van der Waals surface area contributed by atoms with Gasteiger partial charge in [0.15, 0.2) is 0 Å². The van der Waals surface area contributed by atoms with Gasteiger partial charge in [-0.15, -0.1) is 0 Å². The third-order valence-electron chi connectivity index (χ3n) is 4.21. The van der Waals surface area contributed by atoms with Crippen molar-refractivity contribution in [3.05, 3.63) is 68.9 Å². The molecule has 2 aromatic rings. The summed E-state index contributed by atoms with van der Waals surface area (Å²) < 4.78 is 19.9. The summed E-state index contributed by atoms with van der Waals surface area (Å²) in [6.45, 7) is 0.606. The molecule has 0 unspecified atom stereocenters. The number of aromatic nitrogens is 1. The smallest absolute Gasteiger partial charge is 0.339 e. The molecule has 3 rings (SSSR count). The van der Waals surface area contributed by atoms with Crippen LogP contribution in [0.4, 0.5) is 4.39 Å². The summed E-state index contributed by atoms with van der Waals surface area (Å²) in [4.78, 5) is 24.7. The van der Waals surface area contributed by atoms with Crippen molar-refractivity contribution in [2.75, 3.05) is 7.11 Å². The van der Waals surface area contributed by atoms with Gasteiger partial charge in [0.1, 0.15) is 5.82 Å². The average Bonchev–Trinajstić information content (AvgIpc) is 2.57. The van der Waals surface area contributed by atoms with Crippen LogP contribution in [0.1, 0.15) is 40.0 Å². The molecular formula is C18H18FNO3. The van der Waals surface area contributed by atoms with Crippen LogP contribution in [0.25, 0.3) is 0 Å². The minimum atomic E-state index is -0.434. The Balaban J connectivity index is 2.10. The highest BCUT2D eigenvalue weighted by molar-refractivity contribution is 5.90. The van der Waals surface area contributed by atoms with Gasteiger partial charge >= 0.3 is 5.97 Å². The zero-order valence-electron chi connectivity index (χ0n) is 13.0. The molecule has 1 aliphatic rings. The van der Waals surface area contributed by atoms with Crippen molar-refractivity contribution in [2.24, 2.45) is 0 Å². The highest BCUT2D eigenvalue weighted by Gasteiger charge is 2.22. The summed E-state index contributed by atoms with van der Waals surface area (Å²) in [5, 5.41) is 0. The SMILES string of the molecule is COC(=O)c1cc(Cc2cccc(F)c2)c(=O)n2c1CCCC2. The van der Waals surface area contributed by atoms with Gasteiger partial charge in [0, 0.05) is 24.2 Å². The number of halogens is 1. The Morgan fingerprint density at radius 1 is 1.30 bits per heavy atom. The van der Waals surface area contributed by atoms with Crippen LogP contribution in [0, 0.1) is 5.82 Å². The molecule has 0 amide bonds. The fourth-order valence-corrected chi connectivity index (χ4v) is 3.11. The van der Waals surface area contributed by atoms with E-state index in [9.17, 15) is 14.0 Å². The zero-order chi connectivity index (χ0) is 16.4. The number of hydrogen-bond acceptors (Lipinski definition) is 3. The second kappa shape index (κ2) is 6.36. The van der Waals surface area contributed by atoms with Crippen LogP contribution < -0.4 is 5.56 Å². The first-order valence-electron chi connectivity index (χ1n) is 7.68. The molecule has 120 valence electrons. The lowest BCUT2D eigenvalue weighted by atomic mass is 9.98. The predicted octanol–water partition coefficient (Wildman–Crippen LogP) is 2.70. The summed E-state index contributed by atoms with van der Waals surface area (Å²) in [5.74, 6) is -0.773. The molecule has 0 saturated heterocycles. The van der Waals surface area contributed by atoms with Crippen molar-refractivity contribution in [1.82, 2.24) is 4.57 Å². The van der Waals surface area contributed by atoms with Crippen LogP contribution in [0.15, 0.2) is 35.1 Å². The van der Waals surface area contributed by atoms with Gasteiger partial charge in [0.2, 0.25) is 0 Å². The van der Waals surface area contributed by atoms with Crippen molar-refractivity contribution in [1.29, 1.82) is 0 Å². The molecule has 0 fully saturated rings. The van der Waals surface area contributed by atoms with Gasteiger partial charge in [-0.05, 0) is 43.0 Å². The third kappa shape index (κ3) is 3.04. The Morgan fingerprint density at radius 3 is 2.87 bits per heavy atom. The van der Waals surface area contributed by atoms with E-state index >= 15 is 0 Å². The number of esters is 1. The van der Waals surface area contributed by atoms with Crippen molar-refractivity contribution in [3.8, 4) is 0 Å². The van der Waals surface area contributed by atoms with Gasteiger partial charge in [-0.2, -0.15) is 0 Å². The number of fused-ring (bicyclic) bond motifs is 1. The van der Waals surface area contributed by atoms with Gasteiger partial charge in [0.25, 0.3) is 5.56 Å². The molecule has 0 bridgehead atoms. The van der Waals surface area contributed by atoms with Crippen LogP contribution in [0.5, 0.6) is 0 Å². The summed E-state index contributed by atoms with van der Waals surface area (Å²) in [6, 6.07) is 7.76. The van der Waals surface area contributed by atoms with Crippen LogP contribution in [0.3, 0.4) is 0 Å². The van der Waals surface area contributed by atoms with Gasteiger partial charge in [-0.25, -0.2) is 9.18 Å². The van der Waals surface area contributed by atoms with E-state index in [0.29, 0.717) is 36.1 Å². The summed E-state index contributed by atoms with van der Waals surface area (Å²) in [7, 11) is 1.33. The lowest BCUT2D eigenvalue weighted by Crippen LogP contribution is -2.32. The fraction of sp³-hybridized carbons (Fsp3) is 0.333. The van der Waals surface area contributed by atoms with E-state index < -0.39 is 5.97 Å². The number of carbonyl (C=O) groups excluding carboxylic acids is 1. The van der Waals surface area contributed by atoms with E-state index in [1.807, 2.05) is 0 Å². The van der Waals surface area contributed by atoms with E-state index in [1.165, 1.54) is 19.2 Å². The first-order chi connectivity index (χ1) is 11.1. The van der Waals surface area contributed by atoms with Gasteiger partial charge in [-0.3, -0.25) is 4.79 Å². The van der Waals surface area contributed by atoms with E-state index in [2.05, 4.69) is 0 Å². The highest BCUT2D eigenvalue weighted by Crippen LogP contribution is 2.20. The molecule has 4 nitrogen and oxygen atoms in total. The quantitative estimate of drug-likeness (QED) is 0.818. The van der Waals surface area contributed by atoms with Gasteiger partial charge in [-0.1, -0.05) is 12.1 Å². The maximum Gasteiger partial charge on any atom is 0.339 e. The zero-order valence-corrected chi connectivity index (χ0v) is 13.0. The van der Waals surface area contributed by atoms with Crippen LogP contribution in [-0.2, 0) is 24.1 Å². The predicted molar refractivity (Wildman–Crippen MR) is 84.2 cm³/mol. The van der Waals surface area contributed by atoms with E-state index in [0.717, 1.165) is 18.5 Å². The maximum absolute atomic E-state index is 13.3. The van der Waals surface area contributed by atoms with Crippen LogP contribution in [-0.4, -0.2) is 17.6 Å². The van der Waals surface area contributed by atoms with Crippen molar-refractivity contribution in [3.63, 3.8) is 0 Å². The molecule has 5 heteroatoms. The molecule has 0 N–H and O–H groups in total. The Bertz CT molecular complexity index is 810. The molecule has 0 saturated carbocycles. The van der Waals surface area contributed by atoms with Crippen molar-refractivity contribution >= 4 is 5.97 Å². The topological polar surface area (TPSA) is 48.3 Å². The molecule has 1 aromatic carbocycles. The number of benzene rings is 1. The molecule has 2 heterocycles. The molecule has 1 aromatic heterocycles. The van der Waals surface area contributed by atoms with Crippen LogP contribution in [0.2, 0.25) is 0 Å². The molecular weight excluding hydrogens is 297 g/mol. The number of ether oxygens (including phenoxy) is 1. The molecule has 0 spiro atoms. The summed E-state index contributed by atoms with van der Waals surface area (Å²) >= 11 is 0. The van der Waals surface area contributed by atoms with E-state index in [4.69, 9.17) is 4.74 Å². The molecule has 0 radical (unpaired) electrons. The number of nitrogens with zero attached hydrogens (tertiary/aromatic N) is 1. The molecule has 1 aliphatic heterocycles. The average molecular weight is 315 g/mol. The Labute approximate surface area is 133 Å². The van der Waals surface area contributed by atoms with E-state index in [-0.39, 0.29) is 11.4 Å². The summed E-state index contributed by atoms with van der Waals surface area (Å²) in [6.07, 6.45) is 2.85. The number of rotatable bonds is 3. The number of methoxy groups -OCH3 is 1. The van der Waals surface area contributed by atoms with Crippen molar-refractivity contribution < 1.29 is 13.9 Å².